The second kappa shape index (κ2) is 16.8. The summed E-state index contributed by atoms with van der Waals surface area (Å²) in [6.07, 6.45) is 2.40. The summed E-state index contributed by atoms with van der Waals surface area (Å²) in [5.41, 5.74) is 0.883. The molecule has 1 aromatic rings. The second-order valence-electron chi connectivity index (χ2n) is 8.44. The van der Waals surface area contributed by atoms with E-state index < -0.39 is 30.1 Å². The Morgan fingerprint density at radius 1 is 1.00 bits per heavy atom. The SMILES string of the molecule is COCCOCCOCCNCNc1cc(O)c2c(c1)/C=C/CC(O)C(O)C(=O)/C=C\CC(C)OC2=O. The molecule has 11 heteroatoms. The van der Waals surface area contributed by atoms with Gasteiger partial charge in [0.1, 0.15) is 23.5 Å². The minimum atomic E-state index is -1.57. The first kappa shape index (κ1) is 30.4. The number of aliphatic hydroxyl groups excluding tert-OH is 2. The van der Waals surface area contributed by atoms with Gasteiger partial charge in [0.05, 0.1) is 45.8 Å². The number of carbonyl (C=O) groups excluding carboxylic acids is 2. The largest absolute Gasteiger partial charge is 0.507 e. The minimum Gasteiger partial charge on any atom is -0.507 e. The van der Waals surface area contributed by atoms with E-state index in [0.717, 1.165) is 6.08 Å². The van der Waals surface area contributed by atoms with E-state index in [2.05, 4.69) is 10.6 Å². The van der Waals surface area contributed by atoms with Crippen LogP contribution in [-0.2, 0) is 23.7 Å². The van der Waals surface area contributed by atoms with E-state index in [1.807, 2.05) is 0 Å². The van der Waals surface area contributed by atoms with Gasteiger partial charge in [0, 0.05) is 31.8 Å². The molecule has 5 N–H and O–H groups in total. The number of anilines is 1. The summed E-state index contributed by atoms with van der Waals surface area (Å²) in [5.74, 6) is -1.61. The summed E-state index contributed by atoms with van der Waals surface area (Å²) in [5, 5.41) is 37.1. The Hall–Kier alpha value is -2.80. The van der Waals surface area contributed by atoms with Crippen LogP contribution in [0, 0.1) is 0 Å². The maximum absolute atomic E-state index is 12.8. The number of methoxy groups -OCH3 is 1. The molecule has 1 aliphatic heterocycles. The molecule has 0 saturated heterocycles. The number of hydrogen-bond acceptors (Lipinski definition) is 11. The Bertz CT molecular complexity index is 920. The number of hydrogen-bond donors (Lipinski definition) is 5. The summed E-state index contributed by atoms with van der Waals surface area (Å²) in [6, 6.07) is 3.08. The lowest BCUT2D eigenvalue weighted by atomic mass is 10.0. The Morgan fingerprint density at radius 2 is 1.70 bits per heavy atom. The first-order chi connectivity index (χ1) is 17.8. The monoisotopic (exact) mass is 522 g/mol. The minimum absolute atomic E-state index is 0.0186. The average Bonchev–Trinajstić information content (AvgIpc) is 2.85. The van der Waals surface area contributed by atoms with Gasteiger partial charge in [-0.1, -0.05) is 18.2 Å². The molecule has 11 nitrogen and oxygen atoms in total. The molecule has 1 aliphatic rings. The third-order valence-electron chi connectivity index (χ3n) is 5.39. The van der Waals surface area contributed by atoms with Gasteiger partial charge < -0.3 is 39.6 Å². The van der Waals surface area contributed by atoms with Crippen LogP contribution in [0.3, 0.4) is 0 Å². The van der Waals surface area contributed by atoms with Crippen molar-refractivity contribution in [1.82, 2.24) is 5.32 Å². The Morgan fingerprint density at radius 3 is 2.46 bits per heavy atom. The number of cyclic esters (lactones) is 1. The van der Waals surface area contributed by atoms with Crippen LogP contribution in [0.2, 0.25) is 0 Å². The number of phenols is 1. The quantitative estimate of drug-likeness (QED) is 0.153. The number of rotatable bonds is 12. The molecule has 206 valence electrons. The predicted molar refractivity (Wildman–Crippen MR) is 137 cm³/mol. The number of phenolic OH excluding ortho intramolecular Hbond substituents is 1. The maximum atomic E-state index is 12.8. The van der Waals surface area contributed by atoms with Crippen LogP contribution in [0.15, 0.2) is 30.4 Å². The van der Waals surface area contributed by atoms with E-state index in [9.17, 15) is 24.9 Å². The lowest BCUT2D eigenvalue weighted by molar-refractivity contribution is -0.127. The zero-order chi connectivity index (χ0) is 27.0. The molecule has 0 fully saturated rings. The first-order valence-corrected chi connectivity index (χ1v) is 12.2. The Labute approximate surface area is 217 Å². The number of nitrogens with one attached hydrogen (secondary N) is 2. The van der Waals surface area contributed by atoms with Crippen molar-refractivity contribution >= 4 is 23.5 Å². The van der Waals surface area contributed by atoms with Crippen LogP contribution in [0.1, 0.15) is 35.7 Å². The highest BCUT2D eigenvalue weighted by Crippen LogP contribution is 2.29. The van der Waals surface area contributed by atoms with Crippen molar-refractivity contribution in [3.05, 3.63) is 41.5 Å². The molecule has 0 saturated carbocycles. The van der Waals surface area contributed by atoms with Gasteiger partial charge >= 0.3 is 5.97 Å². The number of benzene rings is 1. The van der Waals surface area contributed by atoms with E-state index in [1.54, 1.807) is 20.1 Å². The predicted octanol–water partition coefficient (Wildman–Crippen LogP) is 1.23. The van der Waals surface area contributed by atoms with Crippen LogP contribution in [0.4, 0.5) is 5.69 Å². The third kappa shape index (κ3) is 11.0. The highest BCUT2D eigenvalue weighted by molar-refractivity contribution is 5.97. The number of fused-ring (bicyclic) bond motifs is 1. The van der Waals surface area contributed by atoms with E-state index in [0.29, 0.717) is 57.5 Å². The fourth-order valence-corrected chi connectivity index (χ4v) is 3.38. The van der Waals surface area contributed by atoms with E-state index >= 15 is 0 Å². The Kier molecular flexibility index (Phi) is 13.9. The van der Waals surface area contributed by atoms with Crippen LogP contribution in [0.25, 0.3) is 6.08 Å². The van der Waals surface area contributed by atoms with E-state index in [-0.39, 0.29) is 24.2 Å². The fourth-order valence-electron chi connectivity index (χ4n) is 3.38. The molecule has 37 heavy (non-hydrogen) atoms. The van der Waals surface area contributed by atoms with Crippen LogP contribution in [-0.4, -0.2) is 98.7 Å². The molecule has 0 aliphatic carbocycles. The van der Waals surface area contributed by atoms with Crippen molar-refractivity contribution in [2.24, 2.45) is 0 Å². The zero-order valence-corrected chi connectivity index (χ0v) is 21.4. The standard InChI is InChI=1S/C26H38N2O9/c1-18-5-3-7-21(29)25(32)22(30)8-4-6-19-15-20(16-23(31)24(19)26(33)37-18)28-17-27-9-10-35-13-14-36-12-11-34-2/h3-4,6-7,15-16,18,22,25,27-28,30-32H,5,8-14,17H2,1-2H3/b6-4+,7-3-. The molecule has 1 heterocycles. The highest BCUT2D eigenvalue weighted by atomic mass is 16.5. The molecular weight excluding hydrogens is 484 g/mol. The topological polar surface area (TPSA) is 156 Å². The van der Waals surface area contributed by atoms with Crippen LogP contribution in [0.5, 0.6) is 5.75 Å². The summed E-state index contributed by atoms with van der Waals surface area (Å²) >= 11 is 0. The summed E-state index contributed by atoms with van der Waals surface area (Å²) in [7, 11) is 1.62. The lowest BCUT2D eigenvalue weighted by Crippen LogP contribution is -2.32. The molecule has 3 atom stereocenters. The molecular formula is C26H38N2O9. The summed E-state index contributed by atoms with van der Waals surface area (Å²) in [6.45, 7) is 5.14. The smallest absolute Gasteiger partial charge is 0.342 e. The molecule has 0 bridgehead atoms. The number of aliphatic hydroxyl groups is 2. The zero-order valence-electron chi connectivity index (χ0n) is 21.4. The van der Waals surface area contributed by atoms with Crippen LogP contribution < -0.4 is 10.6 Å². The van der Waals surface area contributed by atoms with Gasteiger partial charge in [-0.25, -0.2) is 4.79 Å². The molecule has 0 amide bonds. The first-order valence-electron chi connectivity index (χ1n) is 12.2. The fraction of sp³-hybridized carbons (Fsp3) is 0.538. The van der Waals surface area contributed by atoms with Crippen molar-refractivity contribution in [3.8, 4) is 5.75 Å². The Balaban J connectivity index is 1.99. The number of aromatic hydroxyl groups is 1. The summed E-state index contributed by atoms with van der Waals surface area (Å²) < 4.78 is 21.1. The normalized spacial score (nSPS) is 22.5. The van der Waals surface area contributed by atoms with Gasteiger partial charge in [0.25, 0.3) is 0 Å². The molecule has 0 radical (unpaired) electrons. The molecule has 1 aromatic carbocycles. The number of carbonyl (C=O) groups is 2. The molecule has 0 aromatic heterocycles. The van der Waals surface area contributed by atoms with E-state index in [1.165, 1.54) is 24.3 Å². The average molecular weight is 523 g/mol. The summed E-state index contributed by atoms with van der Waals surface area (Å²) in [4.78, 5) is 24.8. The van der Waals surface area contributed by atoms with Gasteiger partial charge in [-0.2, -0.15) is 0 Å². The van der Waals surface area contributed by atoms with Crippen LogP contribution >= 0.6 is 0 Å². The van der Waals surface area contributed by atoms with Crippen molar-refractivity contribution in [3.63, 3.8) is 0 Å². The van der Waals surface area contributed by atoms with Crippen molar-refractivity contribution in [2.75, 3.05) is 58.7 Å². The lowest BCUT2D eigenvalue weighted by Gasteiger charge is -2.17. The maximum Gasteiger partial charge on any atom is 0.342 e. The molecule has 3 unspecified atom stereocenters. The second-order valence-corrected chi connectivity index (χ2v) is 8.44. The number of esters is 1. The van der Waals surface area contributed by atoms with Gasteiger partial charge in [-0.05, 0) is 31.1 Å². The van der Waals surface area contributed by atoms with Gasteiger partial charge in [0.15, 0.2) is 5.78 Å². The van der Waals surface area contributed by atoms with Crippen molar-refractivity contribution < 1.29 is 43.9 Å². The van der Waals surface area contributed by atoms with Gasteiger partial charge in [-0.3, -0.25) is 10.1 Å². The molecule has 2 rings (SSSR count). The van der Waals surface area contributed by atoms with Crippen molar-refractivity contribution in [2.45, 2.75) is 38.1 Å². The number of ether oxygens (including phenoxy) is 4. The van der Waals surface area contributed by atoms with Crippen molar-refractivity contribution in [1.29, 1.82) is 0 Å². The molecule has 0 spiro atoms. The van der Waals surface area contributed by atoms with Gasteiger partial charge in [0.2, 0.25) is 0 Å². The highest BCUT2D eigenvalue weighted by Gasteiger charge is 2.23. The third-order valence-corrected chi connectivity index (χ3v) is 5.39. The number of ketones is 1. The van der Waals surface area contributed by atoms with E-state index in [4.69, 9.17) is 18.9 Å². The van der Waals surface area contributed by atoms with Gasteiger partial charge in [-0.15, -0.1) is 0 Å².